The molecule has 5 heteroatoms. The number of ether oxygens (including phenoxy) is 2. The summed E-state index contributed by atoms with van der Waals surface area (Å²) in [5.74, 6) is -0.335. The van der Waals surface area contributed by atoms with Gasteiger partial charge in [-0.15, -0.1) is 0 Å². The molecule has 0 N–H and O–H groups in total. The molecule has 2 aromatic carbocycles. The van der Waals surface area contributed by atoms with Crippen LogP contribution in [0.15, 0.2) is 60.2 Å². The molecule has 0 saturated carbocycles. The Kier molecular flexibility index (Phi) is 5.61. The fourth-order valence-corrected chi connectivity index (χ4v) is 3.70. The molecule has 1 aliphatic carbocycles. The molecule has 4 rings (SSSR count). The molecular formula is C24H23F3O2. The van der Waals surface area contributed by atoms with Gasteiger partial charge < -0.3 is 9.47 Å². The smallest absolute Gasteiger partial charge is 0.161 e. The van der Waals surface area contributed by atoms with Crippen LogP contribution in [0.2, 0.25) is 0 Å². The SMILES string of the molecule is CC1=CC=C(c2ccc(-c3ccc(C4COC(C)OC4)cc3F)cc2)C(F)C1F. The third-order valence-electron chi connectivity index (χ3n) is 5.57. The first-order valence-electron chi connectivity index (χ1n) is 9.74. The average molecular weight is 400 g/mol. The summed E-state index contributed by atoms with van der Waals surface area (Å²) in [6.07, 6.45) is -0.346. The van der Waals surface area contributed by atoms with Crippen LogP contribution >= 0.6 is 0 Å². The van der Waals surface area contributed by atoms with E-state index in [0.717, 1.165) is 5.56 Å². The Morgan fingerprint density at radius 3 is 2.17 bits per heavy atom. The standard InChI is InChI=1S/C24H23F3O2/c1-14-3-9-21(24(27)23(14)26)17-6-4-16(5-7-17)20-10-8-18(11-22(20)25)19-12-28-15(2)29-13-19/h3-11,15,19,23-24H,12-13H2,1-2H3. The predicted octanol–water partition coefficient (Wildman–Crippen LogP) is 5.99. The Balaban J connectivity index is 1.55. The van der Waals surface area contributed by atoms with Gasteiger partial charge in [0.2, 0.25) is 0 Å². The molecule has 0 spiro atoms. The van der Waals surface area contributed by atoms with Crippen LogP contribution in [-0.4, -0.2) is 31.8 Å². The fraction of sp³-hybridized carbons (Fsp3) is 0.333. The molecule has 0 amide bonds. The Morgan fingerprint density at radius 1 is 0.862 bits per heavy atom. The first-order valence-corrected chi connectivity index (χ1v) is 9.74. The normalized spacial score (nSPS) is 27.3. The lowest BCUT2D eigenvalue weighted by molar-refractivity contribution is -0.176. The molecule has 1 saturated heterocycles. The number of halogens is 3. The van der Waals surface area contributed by atoms with Gasteiger partial charge >= 0.3 is 0 Å². The van der Waals surface area contributed by atoms with Crippen molar-refractivity contribution in [1.29, 1.82) is 0 Å². The molecule has 2 nitrogen and oxygen atoms in total. The van der Waals surface area contributed by atoms with Crippen molar-refractivity contribution in [3.05, 3.63) is 77.1 Å². The minimum absolute atomic E-state index is 0.00186. The van der Waals surface area contributed by atoms with E-state index >= 15 is 0 Å². The van der Waals surface area contributed by atoms with Gasteiger partial charge in [-0.25, -0.2) is 13.2 Å². The quantitative estimate of drug-likeness (QED) is 0.630. The van der Waals surface area contributed by atoms with E-state index in [4.69, 9.17) is 9.47 Å². The topological polar surface area (TPSA) is 18.5 Å². The van der Waals surface area contributed by atoms with E-state index in [1.807, 2.05) is 13.0 Å². The highest BCUT2D eigenvalue weighted by molar-refractivity contribution is 5.75. The van der Waals surface area contributed by atoms with Gasteiger partial charge in [0.05, 0.1) is 13.2 Å². The molecule has 2 aromatic rings. The molecular weight excluding hydrogens is 377 g/mol. The van der Waals surface area contributed by atoms with Crippen molar-refractivity contribution in [2.45, 2.75) is 38.4 Å². The number of benzene rings is 2. The second-order valence-electron chi connectivity index (χ2n) is 7.58. The van der Waals surface area contributed by atoms with Crippen LogP contribution in [0.4, 0.5) is 13.2 Å². The number of allylic oxidation sites excluding steroid dienone is 4. The lowest BCUT2D eigenvalue weighted by atomic mass is 9.90. The van der Waals surface area contributed by atoms with Gasteiger partial charge in [-0.05, 0) is 47.8 Å². The summed E-state index contributed by atoms with van der Waals surface area (Å²) in [4.78, 5) is 0. The van der Waals surface area contributed by atoms with Crippen molar-refractivity contribution in [2.24, 2.45) is 0 Å². The molecule has 2 unspecified atom stereocenters. The van der Waals surface area contributed by atoms with Crippen molar-refractivity contribution in [3.63, 3.8) is 0 Å². The maximum absolute atomic E-state index is 14.8. The molecule has 1 fully saturated rings. The van der Waals surface area contributed by atoms with Crippen LogP contribution in [-0.2, 0) is 9.47 Å². The monoisotopic (exact) mass is 400 g/mol. The van der Waals surface area contributed by atoms with Gasteiger partial charge in [-0.3, -0.25) is 0 Å². The molecule has 1 aliphatic heterocycles. The van der Waals surface area contributed by atoms with Gasteiger partial charge in [0.25, 0.3) is 0 Å². The van der Waals surface area contributed by atoms with Crippen LogP contribution in [0, 0.1) is 5.82 Å². The van der Waals surface area contributed by atoms with E-state index in [0.29, 0.717) is 41.1 Å². The van der Waals surface area contributed by atoms with Gasteiger partial charge in [-0.1, -0.05) is 48.6 Å². The van der Waals surface area contributed by atoms with Crippen molar-refractivity contribution in [3.8, 4) is 11.1 Å². The Labute approximate surface area is 168 Å². The number of hydrogen-bond acceptors (Lipinski definition) is 2. The summed E-state index contributed by atoms with van der Waals surface area (Å²) in [6, 6.07) is 12.0. The second kappa shape index (κ2) is 8.17. The third kappa shape index (κ3) is 4.02. The lowest BCUT2D eigenvalue weighted by Crippen LogP contribution is -2.28. The highest BCUT2D eigenvalue weighted by atomic mass is 19.2. The lowest BCUT2D eigenvalue weighted by Gasteiger charge is -2.27. The maximum Gasteiger partial charge on any atom is 0.161 e. The average Bonchev–Trinajstić information content (AvgIpc) is 2.73. The van der Waals surface area contributed by atoms with Crippen LogP contribution in [0.5, 0.6) is 0 Å². The van der Waals surface area contributed by atoms with Crippen molar-refractivity contribution in [2.75, 3.05) is 13.2 Å². The van der Waals surface area contributed by atoms with Gasteiger partial charge in [0, 0.05) is 11.5 Å². The molecule has 152 valence electrons. The minimum atomic E-state index is -1.69. The zero-order valence-electron chi connectivity index (χ0n) is 16.4. The van der Waals surface area contributed by atoms with Gasteiger partial charge in [0.1, 0.15) is 5.82 Å². The van der Waals surface area contributed by atoms with E-state index in [-0.39, 0.29) is 18.0 Å². The summed E-state index contributed by atoms with van der Waals surface area (Å²) < 4.78 is 54.0. The molecule has 0 bridgehead atoms. The van der Waals surface area contributed by atoms with E-state index in [9.17, 15) is 13.2 Å². The Hall–Kier alpha value is -2.37. The van der Waals surface area contributed by atoms with E-state index < -0.39 is 12.3 Å². The van der Waals surface area contributed by atoms with E-state index in [1.165, 1.54) is 6.07 Å². The zero-order valence-corrected chi connectivity index (χ0v) is 16.4. The van der Waals surface area contributed by atoms with Crippen molar-refractivity contribution in [1.82, 2.24) is 0 Å². The first-order chi connectivity index (χ1) is 13.9. The molecule has 29 heavy (non-hydrogen) atoms. The predicted molar refractivity (Wildman–Crippen MR) is 107 cm³/mol. The summed E-state index contributed by atoms with van der Waals surface area (Å²) in [7, 11) is 0. The van der Waals surface area contributed by atoms with Crippen LogP contribution in [0.3, 0.4) is 0 Å². The summed E-state index contributed by atoms with van der Waals surface area (Å²) >= 11 is 0. The molecule has 0 aromatic heterocycles. The summed E-state index contributed by atoms with van der Waals surface area (Å²) in [6.45, 7) is 4.41. The van der Waals surface area contributed by atoms with Gasteiger partial charge in [-0.2, -0.15) is 0 Å². The maximum atomic E-state index is 14.8. The molecule has 0 radical (unpaired) electrons. The fourth-order valence-electron chi connectivity index (χ4n) is 3.70. The molecule has 2 aliphatic rings. The highest BCUT2D eigenvalue weighted by Crippen LogP contribution is 2.34. The van der Waals surface area contributed by atoms with Crippen molar-refractivity contribution < 1.29 is 22.6 Å². The van der Waals surface area contributed by atoms with Crippen LogP contribution < -0.4 is 0 Å². The minimum Gasteiger partial charge on any atom is -0.352 e. The van der Waals surface area contributed by atoms with Crippen LogP contribution in [0.1, 0.15) is 30.9 Å². The third-order valence-corrected chi connectivity index (χ3v) is 5.57. The van der Waals surface area contributed by atoms with Gasteiger partial charge in [0.15, 0.2) is 18.6 Å². The second-order valence-corrected chi connectivity index (χ2v) is 7.58. The Bertz CT molecular complexity index is 941. The summed E-state index contributed by atoms with van der Waals surface area (Å²) in [5.41, 5.74) is 3.24. The van der Waals surface area contributed by atoms with Crippen molar-refractivity contribution >= 4 is 5.57 Å². The molecule has 1 heterocycles. The summed E-state index contributed by atoms with van der Waals surface area (Å²) in [5, 5.41) is 0. The number of hydrogen-bond donors (Lipinski definition) is 0. The van der Waals surface area contributed by atoms with E-state index in [1.54, 1.807) is 49.4 Å². The Morgan fingerprint density at radius 2 is 1.52 bits per heavy atom. The molecule has 2 atom stereocenters. The largest absolute Gasteiger partial charge is 0.352 e. The van der Waals surface area contributed by atoms with E-state index in [2.05, 4.69) is 0 Å². The number of rotatable bonds is 3. The first kappa shape index (κ1) is 19.9. The number of alkyl halides is 2. The highest BCUT2D eigenvalue weighted by Gasteiger charge is 2.29. The van der Waals surface area contributed by atoms with Crippen LogP contribution in [0.25, 0.3) is 16.7 Å². The zero-order chi connectivity index (χ0) is 20.5.